The van der Waals surface area contributed by atoms with Gasteiger partial charge >= 0.3 is 0 Å². The van der Waals surface area contributed by atoms with E-state index in [-0.39, 0.29) is 16.3 Å². The molecule has 0 aliphatic rings. The Morgan fingerprint density at radius 2 is 2.10 bits per heavy atom. The summed E-state index contributed by atoms with van der Waals surface area (Å²) in [6.45, 7) is 4.18. The van der Waals surface area contributed by atoms with E-state index in [1.807, 2.05) is 6.92 Å². The highest BCUT2D eigenvalue weighted by atomic mass is 79.9. The van der Waals surface area contributed by atoms with Gasteiger partial charge in [0.15, 0.2) is 9.84 Å². The molecule has 21 heavy (non-hydrogen) atoms. The van der Waals surface area contributed by atoms with Crippen LogP contribution in [0.5, 0.6) is 0 Å². The third-order valence-corrected chi connectivity index (χ3v) is 5.80. The molecule has 0 saturated heterocycles. The van der Waals surface area contributed by atoms with E-state index in [1.165, 1.54) is 6.07 Å². The second kappa shape index (κ2) is 5.76. The number of nitrogens with two attached hydrogens (primary N) is 1. The molecule has 8 heteroatoms. The molecule has 5 nitrogen and oxygen atoms in total. The lowest BCUT2D eigenvalue weighted by atomic mass is 10.3. The summed E-state index contributed by atoms with van der Waals surface area (Å²) in [5, 5.41) is 4.25. The molecule has 0 bridgehead atoms. The van der Waals surface area contributed by atoms with Gasteiger partial charge in [0, 0.05) is 6.54 Å². The zero-order valence-electron chi connectivity index (χ0n) is 11.6. The number of benzene rings is 1. The molecule has 0 unspecified atom stereocenters. The van der Waals surface area contributed by atoms with E-state index < -0.39 is 15.7 Å². The lowest BCUT2D eigenvalue weighted by Crippen LogP contribution is -2.12. The standard InChI is InChI=1S/C13H15BrFN3O2S/c1-3-18-11(13(14)8(2)17-18)7-21(19,20)12-6-9(15)4-5-10(12)16/h4-6H,3,7,16H2,1-2H3. The minimum absolute atomic E-state index is 0.0341. The molecule has 0 fully saturated rings. The van der Waals surface area contributed by atoms with Crippen molar-refractivity contribution in [3.05, 3.63) is 39.9 Å². The molecule has 0 aliphatic heterocycles. The Morgan fingerprint density at radius 3 is 2.71 bits per heavy atom. The number of aryl methyl sites for hydroxylation is 2. The summed E-state index contributed by atoms with van der Waals surface area (Å²) in [5.41, 5.74) is 6.93. The Kier molecular flexibility index (Phi) is 4.38. The van der Waals surface area contributed by atoms with Gasteiger partial charge in [0.2, 0.25) is 0 Å². The van der Waals surface area contributed by atoms with Crippen LogP contribution in [0.3, 0.4) is 0 Å². The van der Waals surface area contributed by atoms with Gasteiger partial charge in [-0.25, -0.2) is 12.8 Å². The van der Waals surface area contributed by atoms with E-state index in [2.05, 4.69) is 21.0 Å². The van der Waals surface area contributed by atoms with Crippen LogP contribution in [0.4, 0.5) is 10.1 Å². The fraction of sp³-hybridized carbons (Fsp3) is 0.308. The van der Waals surface area contributed by atoms with Crippen LogP contribution in [0.1, 0.15) is 18.3 Å². The maximum atomic E-state index is 13.3. The molecule has 2 rings (SSSR count). The average molecular weight is 376 g/mol. The van der Waals surface area contributed by atoms with E-state index in [0.717, 1.165) is 12.1 Å². The molecule has 1 aromatic heterocycles. The first kappa shape index (κ1) is 16.0. The summed E-state index contributed by atoms with van der Waals surface area (Å²) in [7, 11) is -3.76. The SMILES string of the molecule is CCn1nc(C)c(Br)c1CS(=O)(=O)c1cc(F)ccc1N. The van der Waals surface area contributed by atoms with Crippen molar-refractivity contribution in [2.45, 2.75) is 31.0 Å². The number of hydrogen-bond donors (Lipinski definition) is 1. The van der Waals surface area contributed by atoms with Crippen molar-refractivity contribution in [3.8, 4) is 0 Å². The topological polar surface area (TPSA) is 78.0 Å². The number of hydrogen-bond acceptors (Lipinski definition) is 4. The number of nitrogen functional groups attached to an aromatic ring is 1. The van der Waals surface area contributed by atoms with E-state index in [0.29, 0.717) is 22.4 Å². The smallest absolute Gasteiger partial charge is 0.186 e. The highest BCUT2D eigenvalue weighted by Gasteiger charge is 2.24. The third-order valence-electron chi connectivity index (χ3n) is 3.09. The molecule has 0 spiro atoms. The van der Waals surface area contributed by atoms with Gasteiger partial charge in [0.05, 0.1) is 32.2 Å². The van der Waals surface area contributed by atoms with Crippen LogP contribution in [0.15, 0.2) is 27.6 Å². The van der Waals surface area contributed by atoms with Crippen LogP contribution in [0.25, 0.3) is 0 Å². The van der Waals surface area contributed by atoms with Gasteiger partial charge in [-0.1, -0.05) is 0 Å². The minimum atomic E-state index is -3.76. The second-order valence-electron chi connectivity index (χ2n) is 4.60. The Bertz CT molecular complexity index is 787. The molecule has 0 radical (unpaired) electrons. The summed E-state index contributed by atoms with van der Waals surface area (Å²) in [6.07, 6.45) is 0. The van der Waals surface area contributed by atoms with Crippen molar-refractivity contribution < 1.29 is 12.8 Å². The van der Waals surface area contributed by atoms with Crippen LogP contribution in [-0.4, -0.2) is 18.2 Å². The molecule has 0 amide bonds. The zero-order chi connectivity index (χ0) is 15.8. The van der Waals surface area contributed by atoms with Crippen LogP contribution in [-0.2, 0) is 22.1 Å². The van der Waals surface area contributed by atoms with Crippen molar-refractivity contribution in [1.29, 1.82) is 0 Å². The molecule has 0 aliphatic carbocycles. The molecule has 2 N–H and O–H groups in total. The van der Waals surface area contributed by atoms with Gasteiger partial charge in [0.25, 0.3) is 0 Å². The summed E-state index contributed by atoms with van der Waals surface area (Å²) < 4.78 is 40.5. The van der Waals surface area contributed by atoms with Gasteiger partial charge in [-0.05, 0) is 48.0 Å². The maximum absolute atomic E-state index is 13.3. The largest absolute Gasteiger partial charge is 0.398 e. The second-order valence-corrected chi connectivity index (χ2v) is 7.35. The molecular formula is C13H15BrFN3O2S. The fourth-order valence-corrected chi connectivity index (χ4v) is 4.18. The van der Waals surface area contributed by atoms with Crippen molar-refractivity contribution in [2.24, 2.45) is 0 Å². The maximum Gasteiger partial charge on any atom is 0.186 e. The minimum Gasteiger partial charge on any atom is -0.398 e. The number of sulfone groups is 1. The van der Waals surface area contributed by atoms with Gasteiger partial charge < -0.3 is 5.73 Å². The van der Waals surface area contributed by atoms with Crippen LogP contribution >= 0.6 is 15.9 Å². The number of rotatable bonds is 4. The van der Waals surface area contributed by atoms with Crippen molar-refractivity contribution in [2.75, 3.05) is 5.73 Å². The molecule has 0 saturated carbocycles. The highest BCUT2D eigenvalue weighted by molar-refractivity contribution is 9.10. The van der Waals surface area contributed by atoms with Crippen molar-refractivity contribution in [3.63, 3.8) is 0 Å². The van der Waals surface area contributed by atoms with Crippen molar-refractivity contribution in [1.82, 2.24) is 9.78 Å². The zero-order valence-corrected chi connectivity index (χ0v) is 14.0. The first-order valence-electron chi connectivity index (χ1n) is 6.25. The van der Waals surface area contributed by atoms with E-state index in [1.54, 1.807) is 11.6 Å². The summed E-state index contributed by atoms with van der Waals surface area (Å²) in [4.78, 5) is -0.198. The number of aromatic nitrogens is 2. The van der Waals surface area contributed by atoms with Crippen LogP contribution in [0, 0.1) is 12.7 Å². The van der Waals surface area contributed by atoms with Gasteiger partial charge in [-0.3, -0.25) is 4.68 Å². The quantitative estimate of drug-likeness (QED) is 0.833. The molecule has 2 aromatic rings. The van der Waals surface area contributed by atoms with Crippen LogP contribution < -0.4 is 5.73 Å². The molecular weight excluding hydrogens is 361 g/mol. The fourth-order valence-electron chi connectivity index (χ4n) is 2.04. The summed E-state index contributed by atoms with van der Waals surface area (Å²) in [6, 6.07) is 3.32. The monoisotopic (exact) mass is 375 g/mol. The van der Waals surface area contributed by atoms with Gasteiger partial charge in [0.1, 0.15) is 5.82 Å². The first-order valence-corrected chi connectivity index (χ1v) is 8.70. The first-order chi connectivity index (χ1) is 9.76. The number of halogens is 2. The highest BCUT2D eigenvalue weighted by Crippen LogP contribution is 2.28. The molecule has 1 heterocycles. The predicted octanol–water partition coefficient (Wildman–Crippen LogP) is 2.67. The van der Waals surface area contributed by atoms with Crippen LogP contribution in [0.2, 0.25) is 0 Å². The Hall–Kier alpha value is -1.41. The molecule has 1 aromatic carbocycles. The molecule has 0 atom stereocenters. The van der Waals surface area contributed by atoms with Gasteiger partial charge in [-0.15, -0.1) is 0 Å². The Balaban J connectivity index is 2.50. The van der Waals surface area contributed by atoms with E-state index in [9.17, 15) is 12.8 Å². The average Bonchev–Trinajstić information content (AvgIpc) is 2.68. The predicted molar refractivity (Wildman–Crippen MR) is 82.0 cm³/mol. The third kappa shape index (κ3) is 3.11. The lowest BCUT2D eigenvalue weighted by molar-refractivity contribution is 0.582. The van der Waals surface area contributed by atoms with Gasteiger partial charge in [-0.2, -0.15) is 5.10 Å². The summed E-state index contributed by atoms with van der Waals surface area (Å²) in [5.74, 6) is -0.933. The normalized spacial score (nSPS) is 11.8. The Labute approximate surface area is 131 Å². The molecule has 114 valence electrons. The Morgan fingerprint density at radius 1 is 1.43 bits per heavy atom. The van der Waals surface area contributed by atoms with Crippen molar-refractivity contribution >= 4 is 31.5 Å². The number of nitrogens with zero attached hydrogens (tertiary/aromatic N) is 2. The lowest BCUT2D eigenvalue weighted by Gasteiger charge is -2.09. The van der Waals surface area contributed by atoms with E-state index >= 15 is 0 Å². The van der Waals surface area contributed by atoms with E-state index in [4.69, 9.17) is 5.73 Å². The number of anilines is 1. The summed E-state index contributed by atoms with van der Waals surface area (Å²) >= 11 is 3.35.